The number of ketones is 1. The Hall–Kier alpha value is -0.220. The van der Waals surface area contributed by atoms with Gasteiger partial charge in [-0.3, -0.25) is 4.21 Å². The van der Waals surface area contributed by atoms with Crippen LogP contribution in [0.4, 0.5) is 0 Å². The highest BCUT2D eigenvalue weighted by Crippen LogP contribution is 2.19. The van der Waals surface area contributed by atoms with Crippen molar-refractivity contribution in [3.05, 3.63) is 0 Å². The second-order valence-corrected chi connectivity index (χ2v) is 5.57. The smallest absolute Gasteiger partial charge is 0.129 e. The van der Waals surface area contributed by atoms with Crippen molar-refractivity contribution in [2.45, 2.75) is 44.5 Å². The molecule has 1 fully saturated rings. The van der Waals surface area contributed by atoms with Crippen LogP contribution in [-0.4, -0.2) is 33.7 Å². The number of hydrogen-bond donors (Lipinski definition) is 0. The molecule has 1 rings (SSSR count). The Labute approximate surface area is 87.7 Å². The number of carbonyl (C=O) groups is 1. The first-order valence-corrected chi connectivity index (χ1v) is 6.47. The summed E-state index contributed by atoms with van der Waals surface area (Å²) >= 11 is 0. The molecule has 4 heteroatoms. The number of hydrogen-bond acceptors (Lipinski definition) is 3. The van der Waals surface area contributed by atoms with Crippen molar-refractivity contribution in [3.8, 4) is 0 Å². The van der Waals surface area contributed by atoms with Gasteiger partial charge in [0.25, 0.3) is 0 Å². The van der Waals surface area contributed by atoms with Gasteiger partial charge in [0.05, 0.1) is 11.4 Å². The van der Waals surface area contributed by atoms with Gasteiger partial charge >= 0.3 is 0 Å². The third-order valence-corrected chi connectivity index (χ3v) is 4.50. The summed E-state index contributed by atoms with van der Waals surface area (Å²) in [6.07, 6.45) is 2.31. The largest absolute Gasteiger partial charge is 0.377 e. The predicted octanol–water partition coefficient (Wildman–Crippen LogP) is 1.28. The molecule has 0 N–H and O–H groups in total. The van der Waals surface area contributed by atoms with Gasteiger partial charge in [-0.15, -0.1) is 0 Å². The van der Waals surface area contributed by atoms with E-state index in [1.165, 1.54) is 0 Å². The summed E-state index contributed by atoms with van der Waals surface area (Å²) < 4.78 is 17.1. The van der Waals surface area contributed by atoms with Crippen LogP contribution in [0.25, 0.3) is 0 Å². The van der Waals surface area contributed by atoms with E-state index in [0.29, 0.717) is 12.2 Å². The second-order valence-electron chi connectivity index (χ2n) is 3.79. The van der Waals surface area contributed by atoms with Gasteiger partial charge < -0.3 is 9.53 Å². The van der Waals surface area contributed by atoms with Gasteiger partial charge in [0.2, 0.25) is 0 Å². The maximum absolute atomic E-state index is 11.8. The Balaban J connectivity index is 2.24. The Bertz CT molecular complexity index is 227. The van der Waals surface area contributed by atoms with Crippen molar-refractivity contribution in [1.29, 1.82) is 0 Å². The molecule has 0 spiro atoms. The molecule has 0 amide bonds. The average Bonchev–Trinajstić information content (AvgIpc) is 2.50. The molecule has 0 aromatic heterocycles. The van der Waals surface area contributed by atoms with Crippen LogP contribution < -0.4 is 0 Å². The Morgan fingerprint density at radius 1 is 1.57 bits per heavy atom. The van der Waals surface area contributed by atoms with Crippen molar-refractivity contribution in [3.63, 3.8) is 0 Å². The summed E-state index contributed by atoms with van der Waals surface area (Å²) in [6.45, 7) is 4.27. The molecule has 82 valence electrons. The molecule has 3 atom stereocenters. The van der Waals surface area contributed by atoms with Crippen LogP contribution in [0.2, 0.25) is 0 Å². The first-order chi connectivity index (χ1) is 6.61. The van der Waals surface area contributed by atoms with Crippen LogP contribution in [0.5, 0.6) is 0 Å². The first kappa shape index (κ1) is 11.9. The highest BCUT2D eigenvalue weighted by molar-refractivity contribution is 7.85. The molecule has 1 aliphatic heterocycles. The zero-order valence-electron chi connectivity index (χ0n) is 8.82. The summed E-state index contributed by atoms with van der Waals surface area (Å²) in [6, 6.07) is 0. The third kappa shape index (κ3) is 3.50. The first-order valence-electron chi connectivity index (χ1n) is 5.09. The number of rotatable bonds is 5. The Morgan fingerprint density at radius 3 is 2.79 bits per heavy atom. The van der Waals surface area contributed by atoms with Gasteiger partial charge in [0.1, 0.15) is 5.78 Å². The van der Waals surface area contributed by atoms with Gasteiger partial charge in [0.15, 0.2) is 0 Å². The quantitative estimate of drug-likeness (QED) is 0.698. The molecule has 14 heavy (non-hydrogen) atoms. The monoisotopic (exact) mass is 218 g/mol. The second kappa shape index (κ2) is 5.61. The number of carbonyl (C=O) groups excluding carboxylic acids is 1. The van der Waals surface area contributed by atoms with E-state index in [2.05, 4.69) is 0 Å². The number of ether oxygens (including phenoxy) is 1. The lowest BCUT2D eigenvalue weighted by atomic mass is 10.2. The Morgan fingerprint density at radius 2 is 2.29 bits per heavy atom. The van der Waals surface area contributed by atoms with Crippen molar-refractivity contribution in [2.75, 3.05) is 12.4 Å². The van der Waals surface area contributed by atoms with E-state index in [-0.39, 0.29) is 17.1 Å². The molecular formula is C10H18O3S. The van der Waals surface area contributed by atoms with Crippen LogP contribution in [0, 0.1) is 0 Å². The fourth-order valence-corrected chi connectivity index (χ4v) is 3.27. The van der Waals surface area contributed by atoms with Crippen LogP contribution >= 0.6 is 0 Å². The lowest BCUT2D eigenvalue weighted by Gasteiger charge is -2.12. The van der Waals surface area contributed by atoms with E-state index in [1.807, 2.05) is 6.92 Å². The van der Waals surface area contributed by atoms with Gasteiger partial charge in [-0.05, 0) is 26.7 Å². The van der Waals surface area contributed by atoms with Gasteiger partial charge in [-0.2, -0.15) is 0 Å². The molecular weight excluding hydrogens is 200 g/mol. The lowest BCUT2D eigenvalue weighted by Crippen LogP contribution is -2.25. The molecule has 0 saturated carbocycles. The molecule has 3 nitrogen and oxygen atoms in total. The molecule has 0 aromatic rings. The van der Waals surface area contributed by atoms with Crippen molar-refractivity contribution in [2.24, 2.45) is 0 Å². The SMILES string of the molecule is CC(=O)CCCS(=O)C1CCOC1C. The lowest BCUT2D eigenvalue weighted by molar-refractivity contribution is -0.117. The minimum absolute atomic E-state index is 0.119. The predicted molar refractivity (Wildman–Crippen MR) is 56.7 cm³/mol. The fourth-order valence-electron chi connectivity index (χ4n) is 1.67. The third-order valence-electron chi connectivity index (χ3n) is 2.52. The molecule has 3 unspecified atom stereocenters. The molecule has 1 saturated heterocycles. The maximum atomic E-state index is 11.8. The fraction of sp³-hybridized carbons (Fsp3) is 0.900. The molecule has 0 aromatic carbocycles. The minimum Gasteiger partial charge on any atom is -0.377 e. The van der Waals surface area contributed by atoms with Crippen molar-refractivity contribution in [1.82, 2.24) is 0 Å². The highest BCUT2D eigenvalue weighted by atomic mass is 32.2. The number of Topliss-reactive ketones (excluding diaryl/α,β-unsaturated/α-hetero) is 1. The van der Waals surface area contributed by atoms with E-state index in [9.17, 15) is 9.00 Å². The van der Waals surface area contributed by atoms with Crippen LogP contribution in [0.15, 0.2) is 0 Å². The van der Waals surface area contributed by atoms with E-state index >= 15 is 0 Å². The van der Waals surface area contributed by atoms with E-state index in [4.69, 9.17) is 4.74 Å². The summed E-state index contributed by atoms with van der Waals surface area (Å²) in [4.78, 5) is 10.7. The maximum Gasteiger partial charge on any atom is 0.129 e. The van der Waals surface area contributed by atoms with Crippen molar-refractivity contribution < 1.29 is 13.7 Å². The Kier molecular flexibility index (Phi) is 4.75. The van der Waals surface area contributed by atoms with Crippen molar-refractivity contribution >= 4 is 16.6 Å². The highest BCUT2D eigenvalue weighted by Gasteiger charge is 2.28. The zero-order chi connectivity index (χ0) is 10.6. The van der Waals surface area contributed by atoms with Gasteiger partial charge in [-0.25, -0.2) is 0 Å². The summed E-state index contributed by atoms with van der Waals surface area (Å²) in [5.41, 5.74) is 0. The van der Waals surface area contributed by atoms with Gasteiger partial charge in [0, 0.05) is 29.6 Å². The van der Waals surface area contributed by atoms with Crippen LogP contribution in [0.1, 0.15) is 33.1 Å². The normalized spacial score (nSPS) is 29.0. The molecule has 1 heterocycles. The van der Waals surface area contributed by atoms with E-state index in [0.717, 1.165) is 19.4 Å². The standard InChI is InChI=1S/C10H18O3S/c1-8(11)4-3-7-14(12)10-5-6-13-9(10)2/h9-10H,3-7H2,1-2H3. The summed E-state index contributed by atoms with van der Waals surface area (Å²) in [7, 11) is -0.819. The molecule has 0 aliphatic carbocycles. The summed E-state index contributed by atoms with van der Waals surface area (Å²) in [5, 5.41) is 0.182. The van der Waals surface area contributed by atoms with E-state index in [1.54, 1.807) is 6.92 Å². The molecule has 0 bridgehead atoms. The zero-order valence-corrected chi connectivity index (χ0v) is 9.64. The topological polar surface area (TPSA) is 43.4 Å². The van der Waals surface area contributed by atoms with E-state index < -0.39 is 10.8 Å². The minimum atomic E-state index is -0.819. The molecule has 1 aliphatic rings. The van der Waals surface area contributed by atoms with Crippen LogP contribution in [0.3, 0.4) is 0 Å². The van der Waals surface area contributed by atoms with Crippen LogP contribution in [-0.2, 0) is 20.3 Å². The van der Waals surface area contributed by atoms with Gasteiger partial charge in [-0.1, -0.05) is 0 Å². The average molecular weight is 218 g/mol. The molecule has 0 radical (unpaired) electrons. The summed E-state index contributed by atoms with van der Waals surface area (Å²) in [5.74, 6) is 0.815.